The minimum absolute atomic E-state index is 0.201. The first-order valence-corrected chi connectivity index (χ1v) is 11.4. The standard InChI is InChI=1S/C26H26BrNO3/c1-2-31-24-15-14-21(27)17-22(24)25(28-16-6-9-23(28)26(29)30)20-12-10-19(11-13-20)18-7-4-3-5-8-18/h3-5,7-8,10-15,17,23,25H,2,6,9,16H2,1H3,(H,29,30). The number of nitrogens with zero attached hydrogens (tertiary/aromatic N) is 1. The summed E-state index contributed by atoms with van der Waals surface area (Å²) in [6, 6.07) is 24.0. The number of rotatable bonds is 7. The van der Waals surface area contributed by atoms with Gasteiger partial charge >= 0.3 is 5.97 Å². The van der Waals surface area contributed by atoms with E-state index in [1.807, 2.05) is 37.3 Å². The van der Waals surface area contributed by atoms with Crippen LogP contribution in [-0.4, -0.2) is 35.2 Å². The maximum absolute atomic E-state index is 12.0. The van der Waals surface area contributed by atoms with Crippen LogP contribution in [-0.2, 0) is 4.79 Å². The van der Waals surface area contributed by atoms with Crippen molar-refractivity contribution < 1.29 is 14.6 Å². The van der Waals surface area contributed by atoms with E-state index in [1.165, 1.54) is 0 Å². The van der Waals surface area contributed by atoms with Gasteiger partial charge in [0.15, 0.2) is 0 Å². The third kappa shape index (κ3) is 4.68. The van der Waals surface area contributed by atoms with E-state index >= 15 is 0 Å². The van der Waals surface area contributed by atoms with Crippen LogP contribution in [0.25, 0.3) is 11.1 Å². The van der Waals surface area contributed by atoms with Gasteiger partial charge in [-0.15, -0.1) is 0 Å². The lowest BCUT2D eigenvalue weighted by Crippen LogP contribution is -2.39. The van der Waals surface area contributed by atoms with E-state index in [9.17, 15) is 9.90 Å². The second kappa shape index (κ2) is 9.67. The van der Waals surface area contributed by atoms with Crippen LogP contribution in [0.2, 0.25) is 0 Å². The molecule has 2 unspecified atom stereocenters. The maximum Gasteiger partial charge on any atom is 0.320 e. The molecule has 0 amide bonds. The van der Waals surface area contributed by atoms with E-state index in [1.54, 1.807) is 0 Å². The molecular weight excluding hydrogens is 454 g/mol. The molecule has 3 aromatic carbocycles. The number of carboxylic acids is 1. The van der Waals surface area contributed by atoms with Crippen molar-refractivity contribution in [3.05, 3.63) is 88.4 Å². The SMILES string of the molecule is CCOc1ccc(Br)cc1C(c1ccc(-c2ccccc2)cc1)N1CCCC1C(=O)O. The van der Waals surface area contributed by atoms with Gasteiger partial charge in [-0.05, 0) is 54.7 Å². The van der Waals surface area contributed by atoms with Crippen LogP contribution in [0.1, 0.15) is 36.9 Å². The molecule has 0 saturated carbocycles. The molecule has 0 spiro atoms. The maximum atomic E-state index is 12.0. The summed E-state index contributed by atoms with van der Waals surface area (Å²) in [4.78, 5) is 14.1. The van der Waals surface area contributed by atoms with Crippen molar-refractivity contribution in [1.82, 2.24) is 4.90 Å². The lowest BCUT2D eigenvalue weighted by atomic mass is 9.93. The van der Waals surface area contributed by atoms with Gasteiger partial charge in [0.05, 0.1) is 12.6 Å². The van der Waals surface area contributed by atoms with Crippen LogP contribution < -0.4 is 4.74 Å². The number of halogens is 1. The van der Waals surface area contributed by atoms with E-state index in [-0.39, 0.29) is 6.04 Å². The molecule has 0 aromatic heterocycles. The molecule has 5 heteroatoms. The Kier molecular flexibility index (Phi) is 6.73. The lowest BCUT2D eigenvalue weighted by Gasteiger charge is -2.33. The third-order valence-corrected chi connectivity index (χ3v) is 6.30. The van der Waals surface area contributed by atoms with Crippen LogP contribution in [0.4, 0.5) is 0 Å². The monoisotopic (exact) mass is 479 g/mol. The zero-order valence-corrected chi connectivity index (χ0v) is 19.1. The van der Waals surface area contributed by atoms with Gasteiger partial charge in [0.1, 0.15) is 11.8 Å². The Hall–Kier alpha value is -2.63. The molecule has 1 aliphatic rings. The number of carboxylic acid groups (broad SMARTS) is 1. The van der Waals surface area contributed by atoms with E-state index in [0.29, 0.717) is 13.0 Å². The molecule has 1 fully saturated rings. The van der Waals surface area contributed by atoms with E-state index in [2.05, 4.69) is 63.3 Å². The molecule has 0 aliphatic carbocycles. The van der Waals surface area contributed by atoms with Gasteiger partial charge in [-0.2, -0.15) is 0 Å². The van der Waals surface area contributed by atoms with E-state index in [0.717, 1.165) is 45.4 Å². The average Bonchev–Trinajstić information content (AvgIpc) is 3.27. The molecule has 0 radical (unpaired) electrons. The minimum Gasteiger partial charge on any atom is -0.494 e. The highest BCUT2D eigenvalue weighted by atomic mass is 79.9. The first kappa shape index (κ1) is 21.6. The first-order valence-electron chi connectivity index (χ1n) is 10.6. The fraction of sp³-hybridized carbons (Fsp3) is 0.269. The van der Waals surface area contributed by atoms with Crippen LogP contribution >= 0.6 is 15.9 Å². The molecule has 31 heavy (non-hydrogen) atoms. The number of carbonyl (C=O) groups is 1. The zero-order valence-electron chi connectivity index (χ0n) is 17.5. The molecule has 1 saturated heterocycles. The van der Waals surface area contributed by atoms with Crippen molar-refractivity contribution in [3.8, 4) is 16.9 Å². The largest absolute Gasteiger partial charge is 0.494 e. The molecule has 1 aliphatic heterocycles. The fourth-order valence-corrected chi connectivity index (χ4v) is 4.80. The van der Waals surface area contributed by atoms with E-state index < -0.39 is 12.0 Å². The molecule has 2 atom stereocenters. The fourth-order valence-electron chi connectivity index (χ4n) is 4.42. The summed E-state index contributed by atoms with van der Waals surface area (Å²) in [7, 11) is 0. The Labute approximate surface area is 191 Å². The Balaban J connectivity index is 1.80. The highest BCUT2D eigenvalue weighted by Crippen LogP contribution is 2.40. The number of hydrogen-bond acceptors (Lipinski definition) is 3. The van der Waals surface area contributed by atoms with Gasteiger partial charge in [0, 0.05) is 16.6 Å². The summed E-state index contributed by atoms with van der Waals surface area (Å²) in [5.41, 5.74) is 4.34. The average molecular weight is 480 g/mol. The summed E-state index contributed by atoms with van der Waals surface area (Å²) in [5.74, 6) is 0.0234. The van der Waals surface area contributed by atoms with Gasteiger partial charge in [-0.1, -0.05) is 70.5 Å². The van der Waals surface area contributed by atoms with Gasteiger partial charge in [-0.3, -0.25) is 9.69 Å². The van der Waals surface area contributed by atoms with Crippen LogP contribution in [0.5, 0.6) is 5.75 Å². The molecular formula is C26H26BrNO3. The minimum atomic E-state index is -0.767. The van der Waals surface area contributed by atoms with E-state index in [4.69, 9.17) is 4.74 Å². The summed E-state index contributed by atoms with van der Waals surface area (Å²) >= 11 is 3.59. The van der Waals surface area contributed by atoms with Crippen molar-refractivity contribution in [2.75, 3.05) is 13.2 Å². The predicted octanol–water partition coefficient (Wildman–Crippen LogP) is 6.15. The van der Waals surface area contributed by atoms with Crippen LogP contribution in [0, 0.1) is 0 Å². The van der Waals surface area contributed by atoms with Gasteiger partial charge < -0.3 is 9.84 Å². The summed E-state index contributed by atoms with van der Waals surface area (Å²) in [6.07, 6.45) is 1.53. The predicted molar refractivity (Wildman–Crippen MR) is 126 cm³/mol. The molecule has 160 valence electrons. The smallest absolute Gasteiger partial charge is 0.320 e. The molecule has 1 N–H and O–H groups in total. The highest BCUT2D eigenvalue weighted by molar-refractivity contribution is 9.10. The number of benzene rings is 3. The molecule has 1 heterocycles. The topological polar surface area (TPSA) is 49.8 Å². The quantitative estimate of drug-likeness (QED) is 0.441. The molecule has 4 rings (SSSR count). The van der Waals surface area contributed by atoms with Crippen molar-refractivity contribution in [2.45, 2.75) is 31.8 Å². The second-order valence-corrected chi connectivity index (χ2v) is 8.66. The highest BCUT2D eigenvalue weighted by Gasteiger charge is 2.38. The number of hydrogen-bond donors (Lipinski definition) is 1. The first-order chi connectivity index (χ1) is 15.1. The van der Waals surface area contributed by atoms with Crippen LogP contribution in [0.3, 0.4) is 0 Å². The third-order valence-electron chi connectivity index (χ3n) is 5.81. The Morgan fingerprint density at radius 3 is 2.48 bits per heavy atom. The molecule has 4 nitrogen and oxygen atoms in total. The number of aliphatic carboxylic acids is 1. The number of likely N-dealkylation sites (tertiary alicyclic amines) is 1. The normalized spacial score (nSPS) is 17.4. The Bertz CT molecular complexity index is 1040. The Morgan fingerprint density at radius 2 is 1.81 bits per heavy atom. The summed E-state index contributed by atoms with van der Waals surface area (Å²) in [6.45, 7) is 3.25. The van der Waals surface area contributed by atoms with Gasteiger partial charge in [-0.25, -0.2) is 0 Å². The van der Waals surface area contributed by atoms with Crippen molar-refractivity contribution in [2.24, 2.45) is 0 Å². The van der Waals surface area contributed by atoms with Crippen molar-refractivity contribution in [1.29, 1.82) is 0 Å². The second-order valence-electron chi connectivity index (χ2n) is 7.74. The van der Waals surface area contributed by atoms with Gasteiger partial charge in [0.25, 0.3) is 0 Å². The number of ether oxygens (including phenoxy) is 1. The summed E-state index contributed by atoms with van der Waals surface area (Å²) in [5, 5.41) is 9.86. The lowest BCUT2D eigenvalue weighted by molar-refractivity contribution is -0.142. The van der Waals surface area contributed by atoms with Crippen molar-refractivity contribution in [3.63, 3.8) is 0 Å². The Morgan fingerprint density at radius 1 is 1.10 bits per heavy atom. The van der Waals surface area contributed by atoms with Crippen molar-refractivity contribution >= 4 is 21.9 Å². The van der Waals surface area contributed by atoms with Gasteiger partial charge in [0.2, 0.25) is 0 Å². The summed E-state index contributed by atoms with van der Waals surface area (Å²) < 4.78 is 6.90. The zero-order chi connectivity index (χ0) is 21.8. The molecule has 3 aromatic rings. The molecule has 0 bridgehead atoms. The van der Waals surface area contributed by atoms with Crippen LogP contribution in [0.15, 0.2) is 77.3 Å².